The summed E-state index contributed by atoms with van der Waals surface area (Å²) in [4.78, 5) is 42.1. The Balaban J connectivity index is 1.69. The number of fused-ring (bicyclic) bond motifs is 1. The number of hydrogen-bond acceptors (Lipinski definition) is 6. The van der Waals surface area contributed by atoms with E-state index >= 15 is 0 Å². The molecule has 2 amide bonds. The minimum atomic E-state index is -1.78. The van der Waals surface area contributed by atoms with E-state index in [1.165, 1.54) is 12.1 Å². The van der Waals surface area contributed by atoms with Crippen molar-refractivity contribution < 1.29 is 29.7 Å². The summed E-state index contributed by atoms with van der Waals surface area (Å²) in [5, 5.41) is 33.9. The molecule has 2 heterocycles. The first-order chi connectivity index (χ1) is 17.5. The molecule has 190 valence electrons. The van der Waals surface area contributed by atoms with Gasteiger partial charge in [-0.25, -0.2) is 4.90 Å². The van der Waals surface area contributed by atoms with Crippen molar-refractivity contribution in [3.8, 4) is 11.5 Å². The van der Waals surface area contributed by atoms with Crippen LogP contribution in [0.5, 0.6) is 11.5 Å². The number of benzene rings is 3. The van der Waals surface area contributed by atoms with Gasteiger partial charge >= 0.3 is 5.97 Å². The summed E-state index contributed by atoms with van der Waals surface area (Å²) in [5.74, 6) is -4.24. The fraction of sp³-hybridized carbons (Fsp3) is 0.276. The summed E-state index contributed by atoms with van der Waals surface area (Å²) in [6, 6.07) is 15.8. The van der Waals surface area contributed by atoms with E-state index in [4.69, 9.17) is 0 Å². The number of phenolic OH excluding ortho intramolecular Hbond substituents is 2. The lowest BCUT2D eigenvalue weighted by Gasteiger charge is -2.31. The Morgan fingerprint density at radius 1 is 0.919 bits per heavy atom. The molecule has 5 rings (SSSR count). The van der Waals surface area contributed by atoms with Gasteiger partial charge in [-0.2, -0.15) is 0 Å². The SMILES string of the molecule is Cc1ccccc1N1C(=O)C2C(c3cc(C)c(O)c(C)c3)NC(Cc3ccc(O)cc3)(C(=O)O)C2C1=O. The monoisotopic (exact) mass is 500 g/mol. The third kappa shape index (κ3) is 3.76. The minimum Gasteiger partial charge on any atom is -0.508 e. The number of nitrogens with one attached hydrogen (secondary N) is 1. The van der Waals surface area contributed by atoms with E-state index in [1.807, 2.05) is 6.07 Å². The van der Waals surface area contributed by atoms with Gasteiger partial charge in [0.1, 0.15) is 17.0 Å². The van der Waals surface area contributed by atoms with Crippen LogP contribution in [0.2, 0.25) is 0 Å². The van der Waals surface area contributed by atoms with Crippen LogP contribution in [0.25, 0.3) is 0 Å². The Bertz CT molecular complexity index is 1410. The first kappa shape index (κ1) is 24.5. The van der Waals surface area contributed by atoms with E-state index in [1.54, 1.807) is 63.2 Å². The molecule has 0 saturated carbocycles. The average molecular weight is 501 g/mol. The number of para-hydroxylation sites is 1. The van der Waals surface area contributed by atoms with Gasteiger partial charge in [-0.15, -0.1) is 0 Å². The lowest BCUT2D eigenvalue weighted by atomic mass is 9.76. The van der Waals surface area contributed by atoms with Gasteiger partial charge in [0.05, 0.1) is 17.5 Å². The number of carboxylic acids is 1. The predicted molar refractivity (Wildman–Crippen MR) is 136 cm³/mol. The van der Waals surface area contributed by atoms with Gasteiger partial charge in [-0.3, -0.25) is 19.7 Å². The van der Waals surface area contributed by atoms with Gasteiger partial charge in [-0.05, 0) is 66.8 Å². The Hall–Kier alpha value is -4.17. The zero-order valence-electron chi connectivity index (χ0n) is 20.7. The van der Waals surface area contributed by atoms with Crippen molar-refractivity contribution >= 4 is 23.5 Å². The van der Waals surface area contributed by atoms with Gasteiger partial charge < -0.3 is 15.3 Å². The van der Waals surface area contributed by atoms with E-state index in [0.29, 0.717) is 27.9 Å². The van der Waals surface area contributed by atoms with Crippen molar-refractivity contribution in [2.75, 3.05) is 4.90 Å². The van der Waals surface area contributed by atoms with E-state index in [0.717, 1.165) is 10.5 Å². The Morgan fingerprint density at radius 2 is 1.54 bits per heavy atom. The van der Waals surface area contributed by atoms with Crippen LogP contribution in [0.4, 0.5) is 5.69 Å². The van der Waals surface area contributed by atoms with Crippen molar-refractivity contribution in [2.45, 2.75) is 38.8 Å². The smallest absolute Gasteiger partial charge is 0.325 e. The number of rotatable bonds is 5. The molecule has 0 spiro atoms. The van der Waals surface area contributed by atoms with Crippen molar-refractivity contribution in [1.29, 1.82) is 0 Å². The number of carbonyl (C=O) groups excluding carboxylic acids is 2. The fourth-order valence-electron chi connectivity index (χ4n) is 5.88. The molecule has 2 fully saturated rings. The first-order valence-corrected chi connectivity index (χ1v) is 12.1. The molecular weight excluding hydrogens is 472 g/mol. The van der Waals surface area contributed by atoms with Crippen molar-refractivity contribution in [2.24, 2.45) is 11.8 Å². The molecule has 2 aliphatic heterocycles. The van der Waals surface area contributed by atoms with Crippen LogP contribution in [-0.2, 0) is 20.8 Å². The highest BCUT2D eigenvalue weighted by Crippen LogP contribution is 2.51. The largest absolute Gasteiger partial charge is 0.508 e. The molecule has 4 unspecified atom stereocenters. The summed E-state index contributed by atoms with van der Waals surface area (Å²) < 4.78 is 0. The highest BCUT2D eigenvalue weighted by molar-refractivity contribution is 6.24. The number of hydrogen-bond donors (Lipinski definition) is 4. The average Bonchev–Trinajstić information content (AvgIpc) is 3.33. The van der Waals surface area contributed by atoms with Gasteiger partial charge in [0, 0.05) is 12.5 Å². The second kappa shape index (κ2) is 8.74. The van der Waals surface area contributed by atoms with Crippen LogP contribution in [0.1, 0.15) is 33.9 Å². The summed E-state index contributed by atoms with van der Waals surface area (Å²) in [6.07, 6.45) is -0.0725. The molecule has 4 N–H and O–H groups in total. The molecule has 0 bridgehead atoms. The Kier molecular flexibility index (Phi) is 5.79. The molecule has 2 saturated heterocycles. The number of aryl methyl sites for hydroxylation is 3. The molecule has 0 radical (unpaired) electrons. The highest BCUT2D eigenvalue weighted by atomic mass is 16.4. The van der Waals surface area contributed by atoms with E-state index in [9.17, 15) is 29.7 Å². The van der Waals surface area contributed by atoms with Gasteiger partial charge in [0.25, 0.3) is 0 Å². The normalized spacial score (nSPS) is 24.9. The third-order valence-electron chi connectivity index (χ3n) is 7.68. The number of carbonyl (C=O) groups is 3. The van der Waals surface area contributed by atoms with Gasteiger partial charge in [-0.1, -0.05) is 42.5 Å². The fourth-order valence-corrected chi connectivity index (χ4v) is 5.88. The van der Waals surface area contributed by atoms with Crippen LogP contribution in [-0.4, -0.2) is 38.6 Å². The number of phenols is 2. The quantitative estimate of drug-likeness (QED) is 0.395. The van der Waals surface area contributed by atoms with E-state index in [-0.39, 0.29) is 17.9 Å². The number of carboxylic acid groups (broad SMARTS) is 1. The number of nitrogens with zero attached hydrogens (tertiary/aromatic N) is 1. The number of aromatic hydroxyl groups is 2. The molecule has 8 nitrogen and oxygen atoms in total. The van der Waals surface area contributed by atoms with Crippen molar-refractivity contribution in [3.63, 3.8) is 0 Å². The number of imide groups is 1. The zero-order valence-corrected chi connectivity index (χ0v) is 20.7. The second-order valence-corrected chi connectivity index (χ2v) is 10.0. The first-order valence-electron chi connectivity index (χ1n) is 12.1. The molecule has 2 aliphatic rings. The van der Waals surface area contributed by atoms with Crippen molar-refractivity contribution in [1.82, 2.24) is 5.32 Å². The maximum absolute atomic E-state index is 14.0. The lowest BCUT2D eigenvalue weighted by molar-refractivity contribution is -0.148. The number of amides is 2. The Labute approximate surface area is 214 Å². The van der Waals surface area contributed by atoms with Crippen LogP contribution in [0.15, 0.2) is 60.7 Å². The molecular formula is C29H28N2O6. The number of anilines is 1. The van der Waals surface area contributed by atoms with Crippen molar-refractivity contribution in [3.05, 3.63) is 88.5 Å². The van der Waals surface area contributed by atoms with Gasteiger partial charge in [0.15, 0.2) is 0 Å². The third-order valence-corrected chi connectivity index (χ3v) is 7.68. The molecule has 0 aromatic heterocycles. The minimum absolute atomic E-state index is 0.0381. The number of aliphatic carboxylic acids is 1. The molecule has 37 heavy (non-hydrogen) atoms. The molecule has 0 aliphatic carbocycles. The van der Waals surface area contributed by atoms with E-state index < -0.39 is 41.2 Å². The second-order valence-electron chi connectivity index (χ2n) is 10.0. The summed E-state index contributed by atoms with van der Waals surface area (Å²) in [5.41, 5.74) is 1.79. The van der Waals surface area contributed by atoms with Gasteiger partial charge in [0.2, 0.25) is 11.8 Å². The van der Waals surface area contributed by atoms with Crippen LogP contribution < -0.4 is 10.2 Å². The molecule has 3 aromatic rings. The highest BCUT2D eigenvalue weighted by Gasteiger charge is 2.68. The summed E-state index contributed by atoms with van der Waals surface area (Å²) >= 11 is 0. The topological polar surface area (TPSA) is 127 Å². The maximum atomic E-state index is 14.0. The summed E-state index contributed by atoms with van der Waals surface area (Å²) in [7, 11) is 0. The van der Waals surface area contributed by atoms with E-state index in [2.05, 4.69) is 5.32 Å². The van der Waals surface area contributed by atoms with Crippen LogP contribution in [0.3, 0.4) is 0 Å². The molecule has 3 aromatic carbocycles. The lowest BCUT2D eigenvalue weighted by Crippen LogP contribution is -2.57. The molecule has 8 heteroatoms. The van der Waals surface area contributed by atoms with Crippen LogP contribution in [0, 0.1) is 32.6 Å². The standard InChI is InChI=1S/C29H28N2O6/c1-15-6-4-5-7-21(15)31-26(34)22-23(27(31)35)29(28(36)37,14-18-8-10-20(32)11-9-18)30-24(22)19-12-16(2)25(33)17(3)13-19/h4-13,22-24,30,32-33H,14H2,1-3H3,(H,36,37). The summed E-state index contributed by atoms with van der Waals surface area (Å²) in [6.45, 7) is 5.27. The Morgan fingerprint density at radius 3 is 2.14 bits per heavy atom. The predicted octanol–water partition coefficient (Wildman–Crippen LogP) is 3.54. The molecule has 4 atom stereocenters. The van der Waals surface area contributed by atoms with Crippen LogP contribution >= 0.6 is 0 Å². The zero-order chi connectivity index (χ0) is 26.6. The maximum Gasteiger partial charge on any atom is 0.325 e.